The Kier molecular flexibility index (Phi) is 4.81. The first-order valence-corrected chi connectivity index (χ1v) is 8.87. The summed E-state index contributed by atoms with van der Waals surface area (Å²) in [5, 5.41) is 2.80. The molecule has 27 heavy (non-hydrogen) atoms. The average molecular weight is 370 g/mol. The summed E-state index contributed by atoms with van der Waals surface area (Å²) in [5.74, 6) is -0.902. The second-order valence-corrected chi connectivity index (χ2v) is 6.80. The van der Waals surface area contributed by atoms with E-state index >= 15 is 0 Å². The molecule has 8 heteroatoms. The van der Waals surface area contributed by atoms with Crippen LogP contribution >= 0.6 is 0 Å². The van der Waals surface area contributed by atoms with E-state index in [1.807, 2.05) is 0 Å². The molecule has 0 saturated carbocycles. The Morgan fingerprint density at radius 1 is 1.30 bits per heavy atom. The molecule has 140 valence electrons. The largest absolute Gasteiger partial charge is 0.363 e. The van der Waals surface area contributed by atoms with Gasteiger partial charge in [-0.25, -0.2) is 4.98 Å². The number of amides is 2. The van der Waals surface area contributed by atoms with Crippen LogP contribution in [0.1, 0.15) is 23.2 Å². The monoisotopic (exact) mass is 370 g/mol. The molecule has 2 aliphatic heterocycles. The van der Waals surface area contributed by atoms with Gasteiger partial charge >= 0.3 is 0 Å². The van der Waals surface area contributed by atoms with E-state index in [4.69, 9.17) is 4.74 Å². The maximum atomic E-state index is 13.3. The highest BCUT2D eigenvalue weighted by atomic mass is 19.1. The Morgan fingerprint density at radius 3 is 2.96 bits per heavy atom. The summed E-state index contributed by atoms with van der Waals surface area (Å²) >= 11 is 0. The van der Waals surface area contributed by atoms with E-state index in [-0.39, 0.29) is 29.4 Å². The lowest BCUT2D eigenvalue weighted by molar-refractivity contribution is -0.127. The van der Waals surface area contributed by atoms with Crippen LogP contribution in [-0.4, -0.2) is 52.0 Å². The van der Waals surface area contributed by atoms with Crippen molar-refractivity contribution >= 4 is 17.5 Å². The summed E-state index contributed by atoms with van der Waals surface area (Å²) in [6.07, 6.45) is 5.13. The highest BCUT2D eigenvalue weighted by molar-refractivity contribution is 5.95. The zero-order valence-corrected chi connectivity index (χ0v) is 14.5. The zero-order chi connectivity index (χ0) is 18.8. The molecule has 0 spiro atoms. The van der Waals surface area contributed by atoms with Crippen LogP contribution in [0.15, 0.2) is 42.9 Å². The molecule has 3 atom stereocenters. The third-order valence-electron chi connectivity index (χ3n) is 5.03. The van der Waals surface area contributed by atoms with E-state index in [1.165, 1.54) is 12.3 Å². The first kappa shape index (κ1) is 17.5. The van der Waals surface area contributed by atoms with Crippen LogP contribution in [0.2, 0.25) is 0 Å². The minimum absolute atomic E-state index is 0.195. The van der Waals surface area contributed by atoms with Gasteiger partial charge in [0.15, 0.2) is 0 Å². The predicted molar refractivity (Wildman–Crippen MR) is 94.4 cm³/mol. The second kappa shape index (κ2) is 7.40. The summed E-state index contributed by atoms with van der Waals surface area (Å²) in [4.78, 5) is 34.1. The number of anilines is 1. The first-order chi connectivity index (χ1) is 13.1. The van der Waals surface area contributed by atoms with Gasteiger partial charge < -0.3 is 15.0 Å². The Balaban J connectivity index is 1.38. The Hall–Kier alpha value is -2.87. The van der Waals surface area contributed by atoms with Gasteiger partial charge in [-0.15, -0.1) is 0 Å². The molecule has 2 amide bonds. The number of halogens is 1. The Labute approximate surface area is 155 Å². The molecule has 0 radical (unpaired) electrons. The first-order valence-electron chi connectivity index (χ1n) is 8.87. The fourth-order valence-electron chi connectivity index (χ4n) is 3.66. The molecule has 0 aromatic carbocycles. The van der Waals surface area contributed by atoms with E-state index in [2.05, 4.69) is 15.3 Å². The van der Waals surface area contributed by atoms with Crippen LogP contribution in [0, 0.1) is 11.9 Å². The van der Waals surface area contributed by atoms with Crippen molar-refractivity contribution in [1.29, 1.82) is 0 Å². The number of aromatic nitrogens is 2. The van der Waals surface area contributed by atoms with E-state index in [0.29, 0.717) is 25.2 Å². The number of hydrogen-bond donors (Lipinski definition) is 1. The second-order valence-electron chi connectivity index (χ2n) is 6.80. The number of nitrogens with zero attached hydrogens (tertiary/aromatic N) is 3. The van der Waals surface area contributed by atoms with Gasteiger partial charge in [0, 0.05) is 37.1 Å². The number of ether oxygens (including phenoxy) is 1. The van der Waals surface area contributed by atoms with Gasteiger partial charge in [-0.1, -0.05) is 0 Å². The normalized spacial score (nSPS) is 24.3. The molecule has 2 aromatic rings. The summed E-state index contributed by atoms with van der Waals surface area (Å²) < 4.78 is 19.2. The molecule has 7 nitrogen and oxygen atoms in total. The van der Waals surface area contributed by atoms with Crippen LogP contribution in [-0.2, 0) is 9.53 Å². The van der Waals surface area contributed by atoms with E-state index < -0.39 is 12.1 Å². The molecule has 2 aromatic heterocycles. The lowest BCUT2D eigenvalue weighted by atomic mass is 9.91. The Bertz CT molecular complexity index is 848. The highest BCUT2D eigenvalue weighted by Gasteiger charge is 2.42. The summed E-state index contributed by atoms with van der Waals surface area (Å²) in [6, 6.07) is 6.14. The van der Waals surface area contributed by atoms with Crippen molar-refractivity contribution in [3.05, 3.63) is 54.4 Å². The van der Waals surface area contributed by atoms with E-state index in [1.54, 1.807) is 29.4 Å². The summed E-state index contributed by atoms with van der Waals surface area (Å²) in [7, 11) is 0. The lowest BCUT2D eigenvalue weighted by Crippen LogP contribution is -2.45. The minimum atomic E-state index is -0.681. The van der Waals surface area contributed by atoms with Crippen molar-refractivity contribution in [3.63, 3.8) is 0 Å². The highest BCUT2D eigenvalue weighted by Crippen LogP contribution is 2.34. The molecule has 2 aliphatic rings. The van der Waals surface area contributed by atoms with Crippen molar-refractivity contribution in [1.82, 2.24) is 14.9 Å². The van der Waals surface area contributed by atoms with Gasteiger partial charge in [-0.3, -0.25) is 14.6 Å². The van der Waals surface area contributed by atoms with Crippen LogP contribution in [0.5, 0.6) is 0 Å². The smallest absolute Gasteiger partial charge is 0.254 e. The fourth-order valence-corrected chi connectivity index (χ4v) is 3.66. The van der Waals surface area contributed by atoms with E-state index in [0.717, 1.165) is 12.5 Å². The molecule has 1 unspecified atom stereocenters. The van der Waals surface area contributed by atoms with Crippen LogP contribution in [0.4, 0.5) is 10.1 Å². The number of hydrogen-bond acceptors (Lipinski definition) is 5. The standard InChI is InChI=1S/C19H19FN4O3/c20-17-9-13(3-6-22-17)19(26)24-7-4-12-8-15(27-16(12)11-24)18(25)23-14-2-1-5-21-10-14/h1-3,5-6,9-10,12,15-16H,4,7-8,11H2,(H,23,25)/t12-,15?,16-/m0/s1. The molecule has 0 aliphatic carbocycles. The summed E-state index contributed by atoms with van der Waals surface area (Å²) in [6.45, 7) is 0.953. The Morgan fingerprint density at radius 2 is 2.19 bits per heavy atom. The minimum Gasteiger partial charge on any atom is -0.363 e. The maximum absolute atomic E-state index is 13.3. The number of pyridine rings is 2. The van der Waals surface area contributed by atoms with Crippen molar-refractivity contribution < 1.29 is 18.7 Å². The quantitative estimate of drug-likeness (QED) is 0.834. The van der Waals surface area contributed by atoms with Crippen molar-refractivity contribution in [3.8, 4) is 0 Å². The molecular weight excluding hydrogens is 351 g/mol. The number of rotatable bonds is 3. The number of likely N-dealkylation sites (tertiary alicyclic amines) is 1. The van der Waals surface area contributed by atoms with Gasteiger partial charge in [0.25, 0.3) is 11.8 Å². The van der Waals surface area contributed by atoms with E-state index in [9.17, 15) is 14.0 Å². The number of nitrogens with one attached hydrogen (secondary N) is 1. The molecule has 2 saturated heterocycles. The fraction of sp³-hybridized carbons (Fsp3) is 0.368. The SMILES string of the molecule is O=C(Nc1cccnc1)C1C[C@@H]2CCN(C(=O)c3ccnc(F)c3)C[C@@H]2O1. The molecule has 4 heterocycles. The topological polar surface area (TPSA) is 84.4 Å². The zero-order valence-electron chi connectivity index (χ0n) is 14.5. The molecule has 2 fully saturated rings. The average Bonchev–Trinajstić information content (AvgIpc) is 3.12. The van der Waals surface area contributed by atoms with Gasteiger partial charge in [-0.2, -0.15) is 4.39 Å². The predicted octanol–water partition coefficient (Wildman–Crippen LogP) is 1.87. The number of carbonyl (C=O) groups excluding carboxylic acids is 2. The molecule has 1 N–H and O–H groups in total. The van der Waals surface area contributed by atoms with Gasteiger partial charge in [-0.05, 0) is 37.0 Å². The van der Waals surface area contributed by atoms with Crippen LogP contribution in [0.25, 0.3) is 0 Å². The molecular formula is C19H19FN4O3. The van der Waals surface area contributed by atoms with Crippen molar-refractivity contribution in [2.75, 3.05) is 18.4 Å². The van der Waals surface area contributed by atoms with Crippen LogP contribution in [0.3, 0.4) is 0 Å². The third kappa shape index (κ3) is 3.80. The van der Waals surface area contributed by atoms with Gasteiger partial charge in [0.05, 0.1) is 18.0 Å². The lowest BCUT2D eigenvalue weighted by Gasteiger charge is -2.34. The maximum Gasteiger partial charge on any atom is 0.254 e. The van der Waals surface area contributed by atoms with Crippen LogP contribution < -0.4 is 5.32 Å². The molecule has 0 bridgehead atoms. The summed E-state index contributed by atoms with van der Waals surface area (Å²) in [5.41, 5.74) is 0.891. The third-order valence-corrected chi connectivity index (χ3v) is 5.03. The molecule has 4 rings (SSSR count). The van der Waals surface area contributed by atoms with Gasteiger partial charge in [0.1, 0.15) is 6.10 Å². The van der Waals surface area contributed by atoms with Crippen molar-refractivity contribution in [2.45, 2.75) is 25.0 Å². The van der Waals surface area contributed by atoms with Crippen molar-refractivity contribution in [2.24, 2.45) is 5.92 Å². The number of fused-ring (bicyclic) bond motifs is 1. The van der Waals surface area contributed by atoms with Gasteiger partial charge in [0.2, 0.25) is 5.95 Å². The number of carbonyl (C=O) groups is 2. The number of piperidine rings is 1.